The van der Waals surface area contributed by atoms with Gasteiger partial charge in [-0.25, -0.2) is 0 Å². The quantitative estimate of drug-likeness (QED) is 0.554. The van der Waals surface area contributed by atoms with Crippen LogP contribution in [0.25, 0.3) is 0 Å². The van der Waals surface area contributed by atoms with E-state index in [0.29, 0.717) is 26.2 Å². The predicted molar refractivity (Wildman–Crippen MR) is 53.8 cm³/mol. The lowest BCUT2D eigenvalue weighted by atomic mass is 10.2. The molecular weight excluding hydrogens is 238 g/mol. The topological polar surface area (TPSA) is 19.4 Å². The zero-order chi connectivity index (χ0) is 12.6. The molecule has 2 rings (SSSR count). The van der Waals surface area contributed by atoms with Crippen LogP contribution in [0.4, 0.5) is 23.2 Å². The van der Waals surface area contributed by atoms with E-state index in [1.54, 1.807) is 0 Å². The van der Waals surface area contributed by atoms with Gasteiger partial charge >= 0.3 is 0 Å². The predicted octanol–water partition coefficient (Wildman–Crippen LogP) is 1.39. The summed E-state index contributed by atoms with van der Waals surface area (Å²) in [4.78, 5) is 5.77. The molecule has 0 unspecified atom stereocenters. The van der Waals surface area contributed by atoms with E-state index in [1.165, 1.54) is 4.90 Å². The van der Waals surface area contributed by atoms with Gasteiger partial charge in [-0.2, -0.15) is 22.5 Å². The summed E-state index contributed by atoms with van der Waals surface area (Å²) >= 11 is 0. The maximum Gasteiger partial charge on any atom is 0.253 e. The molecule has 0 amide bonds. The van der Waals surface area contributed by atoms with Gasteiger partial charge < -0.3 is 9.80 Å². The van der Waals surface area contributed by atoms with Crippen LogP contribution in [0.2, 0.25) is 0 Å². The number of pyridine rings is 1. The van der Waals surface area contributed by atoms with E-state index in [4.69, 9.17) is 0 Å². The molecule has 3 nitrogen and oxygen atoms in total. The first-order chi connectivity index (χ1) is 8.00. The molecule has 0 spiro atoms. The average molecular weight is 249 g/mol. The van der Waals surface area contributed by atoms with E-state index < -0.39 is 29.2 Å². The molecule has 1 fully saturated rings. The van der Waals surface area contributed by atoms with Gasteiger partial charge in [0.15, 0.2) is 0 Å². The summed E-state index contributed by atoms with van der Waals surface area (Å²) in [5.41, 5.74) is -0.664. The second-order valence-electron chi connectivity index (χ2n) is 3.96. The summed E-state index contributed by atoms with van der Waals surface area (Å²) in [6, 6.07) is 0. The molecule has 2 heterocycles. The Bertz CT molecular complexity index is 404. The van der Waals surface area contributed by atoms with Crippen LogP contribution in [0, 0.1) is 23.5 Å². The van der Waals surface area contributed by atoms with Crippen molar-refractivity contribution in [3.05, 3.63) is 23.5 Å². The summed E-state index contributed by atoms with van der Waals surface area (Å²) < 4.78 is 52.7. The van der Waals surface area contributed by atoms with Gasteiger partial charge in [0.05, 0.1) is 0 Å². The summed E-state index contributed by atoms with van der Waals surface area (Å²) in [5.74, 6) is -6.10. The van der Waals surface area contributed by atoms with Crippen LogP contribution in [-0.2, 0) is 0 Å². The molecule has 0 aromatic carbocycles. The third-order valence-electron chi connectivity index (χ3n) is 2.79. The Kier molecular flexibility index (Phi) is 3.19. The zero-order valence-electron chi connectivity index (χ0n) is 9.18. The highest BCUT2D eigenvalue weighted by atomic mass is 19.2. The van der Waals surface area contributed by atoms with Crippen molar-refractivity contribution in [2.24, 2.45) is 0 Å². The van der Waals surface area contributed by atoms with Crippen molar-refractivity contribution >= 4 is 5.69 Å². The summed E-state index contributed by atoms with van der Waals surface area (Å²) in [6.45, 7) is 1.77. The lowest BCUT2D eigenvalue weighted by molar-refractivity contribution is 0.307. The van der Waals surface area contributed by atoms with E-state index >= 15 is 0 Å². The summed E-state index contributed by atoms with van der Waals surface area (Å²) in [5, 5.41) is 0. The molecule has 0 saturated carbocycles. The van der Waals surface area contributed by atoms with Crippen molar-refractivity contribution in [3.63, 3.8) is 0 Å². The first-order valence-electron chi connectivity index (χ1n) is 5.14. The Labute approximate surface area is 95.7 Å². The molecule has 0 N–H and O–H groups in total. The van der Waals surface area contributed by atoms with Gasteiger partial charge in [0.2, 0.25) is 11.6 Å². The molecule has 0 aliphatic carbocycles. The van der Waals surface area contributed by atoms with Gasteiger partial charge in [-0.1, -0.05) is 0 Å². The van der Waals surface area contributed by atoms with Gasteiger partial charge in [0.25, 0.3) is 11.9 Å². The van der Waals surface area contributed by atoms with E-state index in [-0.39, 0.29) is 0 Å². The third-order valence-corrected chi connectivity index (χ3v) is 2.79. The van der Waals surface area contributed by atoms with Crippen LogP contribution in [0.5, 0.6) is 0 Å². The van der Waals surface area contributed by atoms with E-state index in [0.717, 1.165) is 0 Å². The van der Waals surface area contributed by atoms with Crippen LogP contribution in [0.1, 0.15) is 0 Å². The molecule has 7 heteroatoms. The van der Waals surface area contributed by atoms with Gasteiger partial charge in [0, 0.05) is 26.2 Å². The highest BCUT2D eigenvalue weighted by molar-refractivity contribution is 5.48. The number of likely N-dealkylation sites (N-methyl/N-ethyl adjacent to an activating group) is 1. The Morgan fingerprint density at radius 1 is 0.882 bits per heavy atom. The fourth-order valence-corrected chi connectivity index (χ4v) is 1.78. The second-order valence-corrected chi connectivity index (χ2v) is 3.96. The molecule has 0 bridgehead atoms. The molecular formula is C10H11F4N3. The highest BCUT2D eigenvalue weighted by Crippen LogP contribution is 2.26. The maximum absolute atomic E-state index is 13.4. The van der Waals surface area contributed by atoms with Crippen LogP contribution >= 0.6 is 0 Å². The van der Waals surface area contributed by atoms with Crippen molar-refractivity contribution < 1.29 is 17.6 Å². The number of hydrogen-bond acceptors (Lipinski definition) is 3. The summed E-state index contributed by atoms with van der Waals surface area (Å²) in [6.07, 6.45) is 0. The minimum Gasteiger partial charge on any atom is -0.364 e. The van der Waals surface area contributed by atoms with Crippen molar-refractivity contribution in [2.45, 2.75) is 0 Å². The largest absolute Gasteiger partial charge is 0.364 e. The van der Waals surface area contributed by atoms with Crippen LogP contribution in [0.3, 0.4) is 0 Å². The minimum atomic E-state index is -1.61. The molecule has 1 aliphatic rings. The molecule has 1 aromatic rings. The fraction of sp³-hybridized carbons (Fsp3) is 0.500. The zero-order valence-corrected chi connectivity index (χ0v) is 9.18. The third kappa shape index (κ3) is 2.19. The summed E-state index contributed by atoms with van der Waals surface area (Å²) in [7, 11) is 1.86. The van der Waals surface area contributed by atoms with Crippen molar-refractivity contribution in [1.82, 2.24) is 9.88 Å². The Morgan fingerprint density at radius 3 is 1.82 bits per heavy atom. The first kappa shape index (κ1) is 12.1. The van der Waals surface area contributed by atoms with E-state index in [2.05, 4.69) is 4.98 Å². The number of nitrogens with zero attached hydrogens (tertiary/aromatic N) is 3. The van der Waals surface area contributed by atoms with Crippen molar-refractivity contribution in [3.8, 4) is 0 Å². The smallest absolute Gasteiger partial charge is 0.253 e. The van der Waals surface area contributed by atoms with Crippen LogP contribution < -0.4 is 4.90 Å². The highest BCUT2D eigenvalue weighted by Gasteiger charge is 2.27. The molecule has 0 atom stereocenters. The van der Waals surface area contributed by atoms with Crippen molar-refractivity contribution in [2.75, 3.05) is 38.1 Å². The van der Waals surface area contributed by atoms with Gasteiger partial charge in [-0.05, 0) is 7.05 Å². The molecule has 0 radical (unpaired) electrons. The number of hydrogen-bond donors (Lipinski definition) is 0. The lowest BCUT2D eigenvalue weighted by Crippen LogP contribution is -2.45. The Balaban J connectivity index is 2.37. The number of halogens is 4. The molecule has 94 valence electrons. The fourth-order valence-electron chi connectivity index (χ4n) is 1.78. The molecule has 17 heavy (non-hydrogen) atoms. The monoisotopic (exact) mass is 249 g/mol. The molecule has 1 aliphatic heterocycles. The maximum atomic E-state index is 13.4. The van der Waals surface area contributed by atoms with Gasteiger partial charge in [-0.15, -0.1) is 0 Å². The number of piperazine rings is 1. The SMILES string of the molecule is CN1CCN(c2c(F)c(F)nc(F)c2F)CC1. The molecule has 1 saturated heterocycles. The van der Waals surface area contributed by atoms with Gasteiger partial charge in [-0.3, -0.25) is 0 Å². The number of rotatable bonds is 1. The van der Waals surface area contributed by atoms with E-state index in [1.807, 2.05) is 11.9 Å². The Morgan fingerprint density at radius 2 is 1.35 bits per heavy atom. The number of anilines is 1. The van der Waals surface area contributed by atoms with Crippen LogP contribution in [0.15, 0.2) is 0 Å². The van der Waals surface area contributed by atoms with Crippen LogP contribution in [-0.4, -0.2) is 43.1 Å². The lowest BCUT2D eigenvalue weighted by Gasteiger charge is -2.34. The first-order valence-corrected chi connectivity index (χ1v) is 5.14. The average Bonchev–Trinajstić information content (AvgIpc) is 2.29. The second kappa shape index (κ2) is 4.48. The Hall–Kier alpha value is -1.37. The standard InChI is InChI=1S/C10H11F4N3/c1-16-2-4-17(5-3-16)8-6(11)9(13)15-10(14)7(8)12/h2-5H2,1H3. The van der Waals surface area contributed by atoms with Crippen molar-refractivity contribution in [1.29, 1.82) is 0 Å². The number of aromatic nitrogens is 1. The molecule has 1 aromatic heterocycles. The minimum absolute atomic E-state index is 0.313. The normalized spacial score (nSPS) is 17.6. The van der Waals surface area contributed by atoms with E-state index in [9.17, 15) is 17.6 Å². The van der Waals surface area contributed by atoms with Gasteiger partial charge in [0.1, 0.15) is 5.69 Å².